The van der Waals surface area contributed by atoms with E-state index in [1.165, 1.54) is 11.3 Å². The summed E-state index contributed by atoms with van der Waals surface area (Å²) in [4.78, 5) is 16.3. The number of nitrogens with one attached hydrogen (secondary N) is 2. The molecule has 146 valence electrons. The number of ether oxygens (including phenoxy) is 2. The lowest BCUT2D eigenvalue weighted by Gasteiger charge is -2.05. The number of fused-ring (bicyclic) bond motifs is 1. The summed E-state index contributed by atoms with van der Waals surface area (Å²) in [6.07, 6.45) is 2.50. The molecule has 3 heterocycles. The van der Waals surface area contributed by atoms with Crippen LogP contribution in [-0.2, 0) is 4.79 Å². The van der Waals surface area contributed by atoms with Crippen molar-refractivity contribution >= 4 is 34.6 Å². The molecule has 0 saturated heterocycles. The smallest absolute Gasteiger partial charge is 0.256 e. The quantitative estimate of drug-likeness (QED) is 0.456. The van der Waals surface area contributed by atoms with Crippen molar-refractivity contribution in [3.8, 4) is 23.3 Å². The monoisotopic (exact) mass is 406 g/mol. The van der Waals surface area contributed by atoms with Crippen molar-refractivity contribution in [2.24, 2.45) is 0 Å². The maximum absolute atomic E-state index is 12.6. The fourth-order valence-electron chi connectivity index (χ4n) is 3.18. The molecule has 0 saturated carbocycles. The molecule has 4 rings (SSSR count). The highest BCUT2D eigenvalue weighted by Crippen LogP contribution is 2.37. The van der Waals surface area contributed by atoms with Gasteiger partial charge in [-0.25, -0.2) is 0 Å². The molecule has 6 nitrogen and oxygen atoms in total. The van der Waals surface area contributed by atoms with Gasteiger partial charge in [0.1, 0.15) is 11.5 Å². The summed E-state index contributed by atoms with van der Waals surface area (Å²) in [7, 11) is 3.13. The Morgan fingerprint density at radius 1 is 1.17 bits per heavy atom. The van der Waals surface area contributed by atoms with Gasteiger partial charge in [0.05, 0.1) is 36.1 Å². The van der Waals surface area contributed by atoms with Crippen molar-refractivity contribution < 1.29 is 19.4 Å². The van der Waals surface area contributed by atoms with Crippen LogP contribution in [0.5, 0.6) is 11.5 Å². The Labute approximate surface area is 171 Å². The number of benzene rings is 1. The van der Waals surface area contributed by atoms with Crippen molar-refractivity contribution in [2.45, 2.75) is 6.10 Å². The molecule has 1 amide bonds. The molecule has 0 aliphatic carbocycles. The van der Waals surface area contributed by atoms with Crippen LogP contribution in [0, 0.1) is 11.8 Å². The van der Waals surface area contributed by atoms with E-state index in [0.717, 1.165) is 0 Å². The number of hydrogen-bond donors (Lipinski definition) is 3. The zero-order valence-electron chi connectivity index (χ0n) is 15.8. The van der Waals surface area contributed by atoms with Gasteiger partial charge in [-0.3, -0.25) is 4.79 Å². The maximum Gasteiger partial charge on any atom is 0.256 e. The van der Waals surface area contributed by atoms with E-state index in [2.05, 4.69) is 22.1 Å². The number of rotatable bonds is 4. The number of carbonyl (C=O) groups excluding carboxylic acids is 1. The molecule has 1 atom stereocenters. The van der Waals surface area contributed by atoms with E-state index in [9.17, 15) is 9.90 Å². The minimum Gasteiger partial charge on any atom is -0.495 e. The molecule has 2 aromatic heterocycles. The summed E-state index contributed by atoms with van der Waals surface area (Å²) in [5.41, 5.74) is 3.20. The highest BCUT2D eigenvalue weighted by molar-refractivity contribution is 7.10. The molecule has 1 aliphatic rings. The Hall–Kier alpha value is -3.47. The predicted octanol–water partition coefficient (Wildman–Crippen LogP) is 3.67. The molecule has 7 heteroatoms. The predicted molar refractivity (Wildman–Crippen MR) is 113 cm³/mol. The number of amides is 1. The summed E-state index contributed by atoms with van der Waals surface area (Å²) < 4.78 is 10.6. The third-order valence-corrected chi connectivity index (χ3v) is 5.49. The topological polar surface area (TPSA) is 83.6 Å². The number of anilines is 1. The molecule has 1 unspecified atom stereocenters. The van der Waals surface area contributed by atoms with E-state index in [-0.39, 0.29) is 5.91 Å². The summed E-state index contributed by atoms with van der Waals surface area (Å²) in [5, 5.41) is 15.2. The van der Waals surface area contributed by atoms with Gasteiger partial charge in [-0.15, -0.1) is 11.3 Å². The van der Waals surface area contributed by atoms with Gasteiger partial charge in [-0.05, 0) is 35.7 Å². The second kappa shape index (κ2) is 7.87. The number of aromatic nitrogens is 1. The Morgan fingerprint density at radius 2 is 2.00 bits per heavy atom. The first-order valence-electron chi connectivity index (χ1n) is 8.81. The van der Waals surface area contributed by atoms with Gasteiger partial charge in [0.25, 0.3) is 5.91 Å². The molecule has 0 radical (unpaired) electrons. The van der Waals surface area contributed by atoms with Crippen molar-refractivity contribution in [1.29, 1.82) is 0 Å². The molecule has 29 heavy (non-hydrogen) atoms. The van der Waals surface area contributed by atoms with Crippen LogP contribution in [0.2, 0.25) is 0 Å². The molecular formula is C22H18N2O4S. The lowest BCUT2D eigenvalue weighted by atomic mass is 9.99. The number of aliphatic hydroxyl groups is 1. The van der Waals surface area contributed by atoms with Crippen LogP contribution in [0.1, 0.15) is 27.8 Å². The van der Waals surface area contributed by atoms with E-state index < -0.39 is 6.10 Å². The standard InChI is InChI=1S/C22H18N2O4S/c1-27-18-8-10-23-16(18)12-14-20-13(4-3-5-15(20)24-22(14)26)6-7-17(25)21-19(28-2)9-11-29-21/h3-5,8-12,17,23,25H,1-2H3,(H,24,26)/b14-12-. The van der Waals surface area contributed by atoms with Gasteiger partial charge in [-0.1, -0.05) is 17.9 Å². The van der Waals surface area contributed by atoms with E-state index >= 15 is 0 Å². The van der Waals surface area contributed by atoms with Crippen molar-refractivity contribution in [2.75, 3.05) is 19.5 Å². The van der Waals surface area contributed by atoms with E-state index in [4.69, 9.17) is 9.47 Å². The average Bonchev–Trinajstić information content (AvgIpc) is 3.45. The number of H-pyrrole nitrogens is 1. The number of hydrogen-bond acceptors (Lipinski definition) is 5. The first kappa shape index (κ1) is 18.9. The molecule has 3 aromatic rings. The van der Waals surface area contributed by atoms with Crippen LogP contribution in [0.15, 0.2) is 41.9 Å². The third kappa shape index (κ3) is 3.51. The Morgan fingerprint density at radius 3 is 2.79 bits per heavy atom. The van der Waals surface area contributed by atoms with E-state index in [0.29, 0.717) is 44.5 Å². The van der Waals surface area contributed by atoms with Crippen LogP contribution < -0.4 is 14.8 Å². The number of carbonyl (C=O) groups is 1. The van der Waals surface area contributed by atoms with Crippen LogP contribution in [0.25, 0.3) is 11.6 Å². The fourth-order valence-corrected chi connectivity index (χ4v) is 3.98. The lowest BCUT2D eigenvalue weighted by molar-refractivity contribution is -0.110. The molecule has 1 aromatic carbocycles. The third-order valence-electron chi connectivity index (χ3n) is 4.54. The largest absolute Gasteiger partial charge is 0.495 e. The number of aliphatic hydroxyl groups excluding tert-OH is 1. The number of methoxy groups -OCH3 is 2. The second-order valence-electron chi connectivity index (χ2n) is 6.23. The lowest BCUT2D eigenvalue weighted by Crippen LogP contribution is -2.03. The van der Waals surface area contributed by atoms with Crippen LogP contribution in [-0.4, -0.2) is 30.2 Å². The molecular weight excluding hydrogens is 388 g/mol. The summed E-state index contributed by atoms with van der Waals surface area (Å²) >= 11 is 1.38. The van der Waals surface area contributed by atoms with Gasteiger partial charge in [0, 0.05) is 17.3 Å². The molecule has 1 aliphatic heterocycles. The first-order chi connectivity index (χ1) is 14.1. The van der Waals surface area contributed by atoms with Gasteiger partial charge >= 0.3 is 0 Å². The molecule has 3 N–H and O–H groups in total. The van der Waals surface area contributed by atoms with Gasteiger partial charge < -0.3 is 24.9 Å². The second-order valence-corrected chi connectivity index (χ2v) is 7.17. The van der Waals surface area contributed by atoms with Crippen LogP contribution in [0.4, 0.5) is 5.69 Å². The van der Waals surface area contributed by atoms with Crippen molar-refractivity contribution in [1.82, 2.24) is 4.98 Å². The minimum atomic E-state index is -0.984. The Bertz CT molecular complexity index is 1160. The Balaban J connectivity index is 1.74. The fraction of sp³-hybridized carbons (Fsp3) is 0.136. The SMILES string of the molecule is COc1cc[nH]c1/C=C1\C(=O)Nc2cccc(C#CC(O)c3sccc3OC)c21. The zero-order chi connectivity index (χ0) is 20.4. The highest BCUT2D eigenvalue weighted by Gasteiger charge is 2.27. The normalized spacial score (nSPS) is 14.7. The first-order valence-corrected chi connectivity index (χ1v) is 9.69. The highest BCUT2D eigenvalue weighted by atomic mass is 32.1. The van der Waals surface area contributed by atoms with Crippen molar-refractivity contribution in [3.05, 3.63) is 63.6 Å². The van der Waals surface area contributed by atoms with E-state index in [1.807, 2.05) is 23.6 Å². The molecule has 0 bridgehead atoms. The van der Waals surface area contributed by atoms with Crippen LogP contribution in [0.3, 0.4) is 0 Å². The van der Waals surface area contributed by atoms with E-state index in [1.54, 1.807) is 38.6 Å². The maximum atomic E-state index is 12.6. The Kier molecular flexibility index (Phi) is 5.12. The van der Waals surface area contributed by atoms with Crippen LogP contribution >= 0.6 is 11.3 Å². The number of thiophene rings is 1. The average molecular weight is 406 g/mol. The van der Waals surface area contributed by atoms with Gasteiger partial charge in [-0.2, -0.15) is 0 Å². The minimum absolute atomic E-state index is 0.216. The molecule has 0 spiro atoms. The van der Waals surface area contributed by atoms with Crippen molar-refractivity contribution in [3.63, 3.8) is 0 Å². The zero-order valence-corrected chi connectivity index (χ0v) is 16.6. The molecule has 0 fully saturated rings. The van der Waals surface area contributed by atoms with Gasteiger partial charge in [0.15, 0.2) is 6.10 Å². The van der Waals surface area contributed by atoms with Gasteiger partial charge in [0.2, 0.25) is 0 Å². The summed E-state index contributed by atoms with van der Waals surface area (Å²) in [6.45, 7) is 0. The summed E-state index contributed by atoms with van der Waals surface area (Å²) in [6, 6.07) is 9.04. The number of aromatic amines is 1. The summed E-state index contributed by atoms with van der Waals surface area (Å²) in [5.74, 6) is 6.91.